The Kier molecular flexibility index (Phi) is 5.64. The number of aryl methyl sites for hydroxylation is 1. The van der Waals surface area contributed by atoms with E-state index in [1.54, 1.807) is 0 Å². The monoisotopic (exact) mass is 394 g/mol. The minimum absolute atomic E-state index is 0.0557. The van der Waals surface area contributed by atoms with E-state index in [4.69, 9.17) is 12.2 Å². The average molecular weight is 395 g/mol. The number of nitrogens with zero attached hydrogens (tertiary/aromatic N) is 4. The zero-order valence-electron chi connectivity index (χ0n) is 15.6. The third-order valence-corrected chi connectivity index (χ3v) is 7.19. The van der Waals surface area contributed by atoms with Gasteiger partial charge in [0.25, 0.3) is 0 Å². The maximum absolute atomic E-state index is 11.8. The number of benzene rings is 1. The predicted molar refractivity (Wildman–Crippen MR) is 105 cm³/mol. The lowest BCUT2D eigenvalue weighted by atomic mass is 10.1. The number of hydrogen-bond donors (Lipinski definition) is 0. The first-order valence-electron chi connectivity index (χ1n) is 8.91. The molecule has 2 heterocycles. The highest BCUT2D eigenvalue weighted by molar-refractivity contribution is 7.91. The zero-order chi connectivity index (χ0) is 18.9. The molecule has 1 aromatic heterocycles. The van der Waals surface area contributed by atoms with Gasteiger partial charge in [-0.15, -0.1) is 0 Å². The van der Waals surface area contributed by atoms with Crippen LogP contribution in [0, 0.1) is 11.7 Å². The first kappa shape index (κ1) is 19.3. The average Bonchev–Trinajstić information content (AvgIpc) is 3.08. The van der Waals surface area contributed by atoms with Gasteiger partial charge in [0.2, 0.25) is 0 Å². The standard InChI is InChI=1S/C18H26N4O2S2/c1-4-21(11-15-7-5-6-14(2)10-15)13-22-18(25)20(3)17(19-22)16-8-9-26(23,24)12-16/h5-7,10,16H,4,8-9,11-13H2,1-3H3. The van der Waals surface area contributed by atoms with Crippen LogP contribution in [0.4, 0.5) is 0 Å². The number of rotatable bonds is 6. The van der Waals surface area contributed by atoms with Gasteiger partial charge < -0.3 is 4.57 Å². The molecule has 0 spiro atoms. The van der Waals surface area contributed by atoms with Crippen molar-refractivity contribution in [3.8, 4) is 0 Å². The molecule has 8 heteroatoms. The van der Waals surface area contributed by atoms with E-state index >= 15 is 0 Å². The summed E-state index contributed by atoms with van der Waals surface area (Å²) >= 11 is 5.55. The van der Waals surface area contributed by atoms with E-state index in [2.05, 4.69) is 48.1 Å². The summed E-state index contributed by atoms with van der Waals surface area (Å²) in [5.41, 5.74) is 2.51. The second-order valence-electron chi connectivity index (χ2n) is 7.07. The van der Waals surface area contributed by atoms with Crippen LogP contribution in [0.1, 0.15) is 36.2 Å². The minimum atomic E-state index is -2.94. The van der Waals surface area contributed by atoms with Gasteiger partial charge in [-0.25, -0.2) is 13.1 Å². The van der Waals surface area contributed by atoms with E-state index < -0.39 is 9.84 Å². The lowest BCUT2D eigenvalue weighted by Crippen LogP contribution is -2.26. The summed E-state index contributed by atoms with van der Waals surface area (Å²) in [5, 5.41) is 4.67. The molecule has 0 radical (unpaired) electrons. The van der Waals surface area contributed by atoms with Crippen LogP contribution < -0.4 is 0 Å². The molecule has 1 aliphatic heterocycles. The van der Waals surface area contributed by atoms with Crippen molar-refractivity contribution in [2.75, 3.05) is 18.1 Å². The quantitative estimate of drug-likeness (QED) is 0.705. The molecule has 0 amide bonds. The molecule has 1 aliphatic rings. The maximum Gasteiger partial charge on any atom is 0.198 e. The zero-order valence-corrected chi connectivity index (χ0v) is 17.2. The second kappa shape index (κ2) is 7.62. The van der Waals surface area contributed by atoms with Crippen molar-refractivity contribution >= 4 is 22.1 Å². The molecule has 0 N–H and O–H groups in total. The van der Waals surface area contributed by atoms with Crippen LogP contribution in [-0.4, -0.2) is 45.7 Å². The minimum Gasteiger partial charge on any atom is -0.307 e. The topological polar surface area (TPSA) is 60.1 Å². The van der Waals surface area contributed by atoms with Crippen molar-refractivity contribution in [1.82, 2.24) is 19.2 Å². The summed E-state index contributed by atoms with van der Waals surface area (Å²) in [6.45, 7) is 6.50. The summed E-state index contributed by atoms with van der Waals surface area (Å²) in [7, 11) is -1.07. The van der Waals surface area contributed by atoms with Crippen molar-refractivity contribution in [3.05, 3.63) is 46.0 Å². The fourth-order valence-electron chi connectivity index (χ4n) is 3.47. The molecule has 6 nitrogen and oxygen atoms in total. The summed E-state index contributed by atoms with van der Waals surface area (Å²) < 4.78 is 27.9. The normalized spacial score (nSPS) is 19.3. The van der Waals surface area contributed by atoms with E-state index in [0.29, 0.717) is 17.9 Å². The molecule has 142 valence electrons. The lowest BCUT2D eigenvalue weighted by Gasteiger charge is -2.20. The largest absolute Gasteiger partial charge is 0.307 e. The molecule has 0 saturated carbocycles. The summed E-state index contributed by atoms with van der Waals surface area (Å²) in [6.07, 6.45) is 0.628. The fraction of sp³-hybridized carbons (Fsp3) is 0.556. The second-order valence-corrected chi connectivity index (χ2v) is 9.67. The molecule has 0 aliphatic carbocycles. The summed E-state index contributed by atoms with van der Waals surface area (Å²) in [5.74, 6) is 1.14. The van der Waals surface area contributed by atoms with Crippen LogP contribution >= 0.6 is 12.2 Å². The SMILES string of the molecule is CCN(Cc1cccc(C)c1)Cn1nc(C2CCS(=O)(=O)C2)n(C)c1=S. The number of hydrogen-bond acceptors (Lipinski definition) is 5. The molecule has 1 unspecified atom stereocenters. The Morgan fingerprint density at radius 1 is 1.38 bits per heavy atom. The maximum atomic E-state index is 11.8. The van der Waals surface area contributed by atoms with Gasteiger partial charge >= 0.3 is 0 Å². The highest BCUT2D eigenvalue weighted by Crippen LogP contribution is 2.27. The van der Waals surface area contributed by atoms with Crippen LogP contribution in [0.3, 0.4) is 0 Å². The Morgan fingerprint density at radius 3 is 2.77 bits per heavy atom. The summed E-state index contributed by atoms with van der Waals surface area (Å²) in [6, 6.07) is 8.48. The highest BCUT2D eigenvalue weighted by atomic mass is 32.2. The van der Waals surface area contributed by atoms with Crippen molar-refractivity contribution in [3.63, 3.8) is 0 Å². The van der Waals surface area contributed by atoms with Gasteiger partial charge in [0.15, 0.2) is 14.6 Å². The fourth-order valence-corrected chi connectivity index (χ4v) is 5.40. The molecule has 1 fully saturated rings. The van der Waals surface area contributed by atoms with Crippen LogP contribution in [0.5, 0.6) is 0 Å². The van der Waals surface area contributed by atoms with Crippen LogP contribution in [0.25, 0.3) is 0 Å². The van der Waals surface area contributed by atoms with Crippen molar-refractivity contribution in [1.29, 1.82) is 0 Å². The first-order chi connectivity index (χ1) is 12.3. The van der Waals surface area contributed by atoms with Crippen molar-refractivity contribution in [2.24, 2.45) is 7.05 Å². The highest BCUT2D eigenvalue weighted by Gasteiger charge is 2.32. The molecular formula is C18H26N4O2S2. The molecule has 1 saturated heterocycles. The van der Waals surface area contributed by atoms with Gasteiger partial charge in [-0.3, -0.25) is 4.90 Å². The third-order valence-electron chi connectivity index (χ3n) is 4.94. The van der Waals surface area contributed by atoms with E-state index in [1.807, 2.05) is 16.3 Å². The Balaban J connectivity index is 1.78. The van der Waals surface area contributed by atoms with Crippen LogP contribution in [0.2, 0.25) is 0 Å². The Labute approximate surface area is 160 Å². The Hall–Kier alpha value is -1.51. The predicted octanol–water partition coefficient (Wildman–Crippen LogP) is 2.64. The Bertz CT molecular complexity index is 946. The van der Waals surface area contributed by atoms with Gasteiger partial charge in [0.1, 0.15) is 5.82 Å². The molecular weight excluding hydrogens is 368 g/mol. The Morgan fingerprint density at radius 2 is 2.15 bits per heavy atom. The molecule has 0 bridgehead atoms. The lowest BCUT2D eigenvalue weighted by molar-refractivity contribution is 0.206. The summed E-state index contributed by atoms with van der Waals surface area (Å²) in [4.78, 5) is 2.27. The van der Waals surface area contributed by atoms with Crippen molar-refractivity contribution < 1.29 is 8.42 Å². The van der Waals surface area contributed by atoms with Crippen molar-refractivity contribution in [2.45, 2.75) is 39.4 Å². The van der Waals surface area contributed by atoms with E-state index in [-0.39, 0.29) is 17.4 Å². The van der Waals surface area contributed by atoms with Gasteiger partial charge in [-0.2, -0.15) is 5.10 Å². The molecule has 3 rings (SSSR count). The smallest absolute Gasteiger partial charge is 0.198 e. The number of aromatic nitrogens is 3. The van der Waals surface area contributed by atoms with Gasteiger partial charge in [0, 0.05) is 19.5 Å². The van der Waals surface area contributed by atoms with Gasteiger partial charge in [-0.1, -0.05) is 36.8 Å². The molecule has 26 heavy (non-hydrogen) atoms. The number of sulfone groups is 1. The molecule has 1 atom stereocenters. The third kappa shape index (κ3) is 4.24. The van der Waals surface area contributed by atoms with E-state index in [9.17, 15) is 8.42 Å². The molecule has 1 aromatic carbocycles. The van der Waals surface area contributed by atoms with Crippen LogP contribution in [0.15, 0.2) is 24.3 Å². The first-order valence-corrected chi connectivity index (χ1v) is 11.1. The van der Waals surface area contributed by atoms with Gasteiger partial charge in [-0.05, 0) is 37.7 Å². The van der Waals surface area contributed by atoms with E-state index in [1.165, 1.54) is 11.1 Å². The molecule has 2 aromatic rings. The van der Waals surface area contributed by atoms with Gasteiger partial charge in [0.05, 0.1) is 18.2 Å². The van der Waals surface area contributed by atoms with Crippen LogP contribution in [-0.2, 0) is 30.1 Å². The van der Waals surface area contributed by atoms with E-state index in [0.717, 1.165) is 18.9 Å².